The molecule has 1 aliphatic carbocycles. The molecule has 0 spiro atoms. The summed E-state index contributed by atoms with van der Waals surface area (Å²) in [6.07, 6.45) is 12.1. The lowest BCUT2D eigenvalue weighted by molar-refractivity contribution is 0.219. The molecule has 0 aliphatic heterocycles. The van der Waals surface area contributed by atoms with Gasteiger partial charge in [-0.05, 0) is 11.0 Å². The van der Waals surface area contributed by atoms with Gasteiger partial charge in [0.25, 0.3) is 0 Å². The van der Waals surface area contributed by atoms with Crippen LogP contribution in [0.3, 0.4) is 0 Å². The van der Waals surface area contributed by atoms with E-state index >= 15 is 0 Å². The Labute approximate surface area is 96.4 Å². The Morgan fingerprint density at radius 2 is 2.12 bits per heavy atom. The Bertz CT molecular complexity index is 409. The predicted octanol–water partition coefficient (Wildman–Crippen LogP) is 2.36. The summed E-state index contributed by atoms with van der Waals surface area (Å²) in [6.45, 7) is 6.51. The van der Waals surface area contributed by atoms with E-state index in [1.165, 1.54) is 0 Å². The number of hydrogen-bond donors (Lipinski definition) is 2. The molecule has 2 unspecified atom stereocenters. The normalized spacial score (nSPS) is 29.6. The molecule has 0 saturated carbocycles. The number of allylic oxidation sites excluding steroid dienone is 2. The zero-order chi connectivity index (χ0) is 11.8. The van der Waals surface area contributed by atoms with Crippen LogP contribution in [-0.4, -0.2) is 15.7 Å². The van der Waals surface area contributed by atoms with Crippen molar-refractivity contribution in [2.24, 2.45) is 11.1 Å². The van der Waals surface area contributed by atoms with E-state index in [-0.39, 0.29) is 16.9 Å². The summed E-state index contributed by atoms with van der Waals surface area (Å²) >= 11 is 0. The minimum Gasteiger partial charge on any atom is -0.321 e. The Morgan fingerprint density at radius 3 is 2.69 bits per heavy atom. The van der Waals surface area contributed by atoms with Crippen molar-refractivity contribution in [3.05, 3.63) is 42.3 Å². The number of H-pyrrole nitrogens is 1. The van der Waals surface area contributed by atoms with Gasteiger partial charge < -0.3 is 5.73 Å². The lowest BCUT2D eigenvalue weighted by Crippen LogP contribution is -2.54. The molecule has 3 heteroatoms. The minimum absolute atomic E-state index is 0.00377. The van der Waals surface area contributed by atoms with Gasteiger partial charge in [-0.25, -0.2) is 0 Å². The quantitative estimate of drug-likeness (QED) is 0.758. The third-order valence-corrected chi connectivity index (χ3v) is 3.48. The molecule has 2 atom stereocenters. The van der Waals surface area contributed by atoms with Crippen LogP contribution in [0.2, 0.25) is 0 Å². The lowest BCUT2D eigenvalue weighted by Gasteiger charge is -2.45. The summed E-state index contributed by atoms with van der Waals surface area (Å²) in [6, 6.07) is 0. The van der Waals surface area contributed by atoms with Crippen molar-refractivity contribution in [3.8, 4) is 0 Å². The molecular weight excluding hydrogens is 198 g/mol. The highest BCUT2D eigenvalue weighted by Crippen LogP contribution is 2.43. The van der Waals surface area contributed by atoms with Crippen LogP contribution in [0.25, 0.3) is 0 Å². The molecule has 0 amide bonds. The molecule has 1 aromatic rings. The van der Waals surface area contributed by atoms with E-state index in [0.717, 1.165) is 5.56 Å². The van der Waals surface area contributed by atoms with Crippen molar-refractivity contribution in [1.82, 2.24) is 10.2 Å². The third-order valence-electron chi connectivity index (χ3n) is 3.48. The van der Waals surface area contributed by atoms with Crippen LogP contribution in [0, 0.1) is 5.41 Å². The van der Waals surface area contributed by atoms with Gasteiger partial charge in [0.15, 0.2) is 0 Å². The maximum absolute atomic E-state index is 6.59. The number of nitrogens with two attached hydrogens (primary N) is 1. The fourth-order valence-electron chi connectivity index (χ4n) is 2.19. The van der Waals surface area contributed by atoms with Gasteiger partial charge in [0, 0.05) is 17.7 Å². The van der Waals surface area contributed by atoms with E-state index in [2.05, 4.69) is 49.2 Å². The molecule has 0 aromatic carbocycles. The second-order valence-electron chi connectivity index (χ2n) is 5.44. The first-order chi connectivity index (χ1) is 7.45. The highest BCUT2D eigenvalue weighted by Gasteiger charge is 2.43. The molecule has 3 N–H and O–H groups in total. The summed E-state index contributed by atoms with van der Waals surface area (Å²) < 4.78 is 0. The van der Waals surface area contributed by atoms with Crippen molar-refractivity contribution in [3.63, 3.8) is 0 Å². The third kappa shape index (κ3) is 1.61. The second-order valence-corrected chi connectivity index (χ2v) is 5.44. The molecule has 0 radical (unpaired) electrons. The topological polar surface area (TPSA) is 54.7 Å². The van der Waals surface area contributed by atoms with Gasteiger partial charge in [0.2, 0.25) is 0 Å². The zero-order valence-corrected chi connectivity index (χ0v) is 10.1. The van der Waals surface area contributed by atoms with Crippen molar-refractivity contribution in [2.45, 2.75) is 32.2 Å². The molecule has 0 saturated heterocycles. The molecule has 86 valence electrons. The Hall–Kier alpha value is -1.35. The summed E-state index contributed by atoms with van der Waals surface area (Å²) in [5, 5.41) is 6.86. The molecule has 0 fully saturated rings. The van der Waals surface area contributed by atoms with Gasteiger partial charge in [0.1, 0.15) is 0 Å². The zero-order valence-electron chi connectivity index (χ0n) is 10.1. The number of aromatic amines is 1. The second kappa shape index (κ2) is 3.59. The van der Waals surface area contributed by atoms with Gasteiger partial charge >= 0.3 is 0 Å². The van der Waals surface area contributed by atoms with Crippen LogP contribution in [0.5, 0.6) is 0 Å². The monoisotopic (exact) mass is 217 g/mol. The molecular formula is C13H19N3. The van der Waals surface area contributed by atoms with E-state index in [1.807, 2.05) is 18.5 Å². The largest absolute Gasteiger partial charge is 0.321 e. The molecule has 0 bridgehead atoms. The van der Waals surface area contributed by atoms with Gasteiger partial charge in [-0.3, -0.25) is 5.10 Å². The van der Waals surface area contributed by atoms with Crippen molar-refractivity contribution < 1.29 is 0 Å². The van der Waals surface area contributed by atoms with Crippen molar-refractivity contribution in [1.29, 1.82) is 0 Å². The first-order valence-corrected chi connectivity index (χ1v) is 5.59. The van der Waals surface area contributed by atoms with Crippen LogP contribution < -0.4 is 5.73 Å². The predicted molar refractivity (Wildman–Crippen MR) is 66.0 cm³/mol. The van der Waals surface area contributed by atoms with Crippen LogP contribution in [0.4, 0.5) is 0 Å². The fraction of sp³-hybridized carbons (Fsp3) is 0.462. The number of rotatable bonds is 1. The molecule has 3 nitrogen and oxygen atoms in total. The number of nitrogens with zero attached hydrogens (tertiary/aromatic N) is 1. The van der Waals surface area contributed by atoms with Gasteiger partial charge in [-0.1, -0.05) is 45.1 Å². The Kier molecular flexibility index (Phi) is 2.50. The van der Waals surface area contributed by atoms with Gasteiger partial charge in [-0.15, -0.1) is 0 Å². The number of aromatic nitrogens is 2. The van der Waals surface area contributed by atoms with E-state index < -0.39 is 0 Å². The Morgan fingerprint density at radius 1 is 1.38 bits per heavy atom. The van der Waals surface area contributed by atoms with E-state index in [9.17, 15) is 0 Å². The van der Waals surface area contributed by atoms with E-state index in [4.69, 9.17) is 5.73 Å². The van der Waals surface area contributed by atoms with Crippen LogP contribution in [-0.2, 0) is 0 Å². The van der Waals surface area contributed by atoms with E-state index in [1.54, 1.807) is 0 Å². The summed E-state index contributed by atoms with van der Waals surface area (Å²) in [7, 11) is 0. The standard InChI is InChI=1S/C13H19N3/c1-12(2,3)13(14)7-5-4-6-11(13)10-8-15-16-9-10/h4-9,11H,14H2,1-3H3,(H,15,16). The molecule has 1 heterocycles. The van der Waals surface area contributed by atoms with Crippen LogP contribution in [0.15, 0.2) is 36.7 Å². The summed E-state index contributed by atoms with van der Waals surface area (Å²) in [4.78, 5) is 0. The number of hydrogen-bond acceptors (Lipinski definition) is 2. The van der Waals surface area contributed by atoms with Crippen LogP contribution >= 0.6 is 0 Å². The van der Waals surface area contributed by atoms with E-state index in [0.29, 0.717) is 0 Å². The SMILES string of the molecule is CC(C)(C)C1(N)C=CC=CC1c1cn[nH]c1. The highest BCUT2D eigenvalue weighted by molar-refractivity contribution is 5.36. The maximum atomic E-state index is 6.59. The summed E-state index contributed by atoms with van der Waals surface area (Å²) in [5.41, 5.74) is 7.36. The van der Waals surface area contributed by atoms with Gasteiger partial charge in [0.05, 0.1) is 6.20 Å². The molecule has 2 rings (SSSR count). The maximum Gasteiger partial charge on any atom is 0.0526 e. The molecule has 1 aliphatic rings. The van der Waals surface area contributed by atoms with Crippen molar-refractivity contribution in [2.75, 3.05) is 0 Å². The highest BCUT2D eigenvalue weighted by atomic mass is 15.1. The first-order valence-electron chi connectivity index (χ1n) is 5.59. The first kappa shape index (κ1) is 11.1. The fourth-order valence-corrected chi connectivity index (χ4v) is 2.19. The molecule has 1 aromatic heterocycles. The smallest absolute Gasteiger partial charge is 0.0526 e. The minimum atomic E-state index is -0.369. The van der Waals surface area contributed by atoms with Crippen LogP contribution in [0.1, 0.15) is 32.3 Å². The average Bonchev–Trinajstić information content (AvgIpc) is 2.69. The number of nitrogens with one attached hydrogen (secondary N) is 1. The lowest BCUT2D eigenvalue weighted by atomic mass is 9.64. The Balaban J connectivity index is 2.44. The van der Waals surface area contributed by atoms with Gasteiger partial charge in [-0.2, -0.15) is 5.10 Å². The summed E-state index contributed by atoms with van der Waals surface area (Å²) in [5.74, 6) is 0.177. The average molecular weight is 217 g/mol. The molecule has 16 heavy (non-hydrogen) atoms. The van der Waals surface area contributed by atoms with Crippen molar-refractivity contribution >= 4 is 0 Å².